The van der Waals surface area contributed by atoms with Crippen LogP contribution in [0.2, 0.25) is 0 Å². The van der Waals surface area contributed by atoms with Crippen LogP contribution >= 0.6 is 15.9 Å². The Morgan fingerprint density at radius 1 is 1.35 bits per heavy atom. The number of carbonyl (C=O) groups excluding carboxylic acids is 2. The Kier molecular flexibility index (Phi) is 3.43. The molecule has 104 valence electrons. The molecule has 5 nitrogen and oxygen atoms in total. The first-order valence-electron chi connectivity index (χ1n) is 6.50. The molecule has 0 saturated heterocycles. The highest BCUT2D eigenvalue weighted by atomic mass is 79.9. The van der Waals surface area contributed by atoms with Gasteiger partial charge in [0.15, 0.2) is 0 Å². The summed E-state index contributed by atoms with van der Waals surface area (Å²) in [6.07, 6.45) is 2.05. The summed E-state index contributed by atoms with van der Waals surface area (Å²) >= 11 is 3.33. The van der Waals surface area contributed by atoms with E-state index in [0.29, 0.717) is 17.3 Å². The standard InChI is InChI=1S/C14H14BrN3O2/c15-9-3-1-2-8(6-9)10-13(19)17-12(18-14(10)20)11(16)7-4-5-7/h1-3,6-7,10-11H,4-5,16H2,(H,17,18,19,20). The molecule has 0 radical (unpaired) electrons. The van der Waals surface area contributed by atoms with Gasteiger partial charge in [0.05, 0.1) is 6.04 Å². The van der Waals surface area contributed by atoms with Gasteiger partial charge in [0.25, 0.3) is 5.91 Å². The number of hydrogen-bond acceptors (Lipinski definition) is 3. The molecule has 1 aliphatic heterocycles. The van der Waals surface area contributed by atoms with E-state index in [1.165, 1.54) is 0 Å². The van der Waals surface area contributed by atoms with Gasteiger partial charge in [0, 0.05) is 4.47 Å². The Morgan fingerprint density at radius 2 is 2.10 bits per heavy atom. The van der Waals surface area contributed by atoms with Crippen LogP contribution in [0.5, 0.6) is 0 Å². The highest BCUT2D eigenvalue weighted by Gasteiger charge is 2.39. The monoisotopic (exact) mass is 335 g/mol. The maximum Gasteiger partial charge on any atom is 0.264 e. The van der Waals surface area contributed by atoms with Crippen molar-refractivity contribution in [2.24, 2.45) is 16.6 Å². The number of halogens is 1. The molecule has 3 rings (SSSR count). The second-order valence-electron chi connectivity index (χ2n) is 5.18. The lowest BCUT2D eigenvalue weighted by atomic mass is 9.95. The van der Waals surface area contributed by atoms with Crippen LogP contribution in [0, 0.1) is 5.92 Å². The van der Waals surface area contributed by atoms with Gasteiger partial charge in [0.1, 0.15) is 11.8 Å². The molecule has 1 aromatic carbocycles. The maximum atomic E-state index is 12.2. The van der Waals surface area contributed by atoms with E-state index in [-0.39, 0.29) is 11.9 Å². The van der Waals surface area contributed by atoms with E-state index in [0.717, 1.165) is 17.3 Å². The molecule has 2 unspecified atom stereocenters. The fourth-order valence-electron chi connectivity index (χ4n) is 2.34. The normalized spacial score (nSPS) is 24.1. The minimum absolute atomic E-state index is 0.314. The second kappa shape index (κ2) is 5.10. The number of aliphatic imine (C=N–C) groups is 1. The van der Waals surface area contributed by atoms with E-state index in [1.54, 1.807) is 18.2 Å². The summed E-state index contributed by atoms with van der Waals surface area (Å²) in [5, 5.41) is 2.69. The van der Waals surface area contributed by atoms with E-state index in [1.807, 2.05) is 6.07 Å². The molecule has 1 saturated carbocycles. The number of nitrogens with one attached hydrogen (secondary N) is 1. The zero-order valence-corrected chi connectivity index (χ0v) is 12.3. The van der Waals surface area contributed by atoms with Crippen molar-refractivity contribution in [2.45, 2.75) is 24.8 Å². The lowest BCUT2D eigenvalue weighted by Crippen LogP contribution is -2.51. The highest BCUT2D eigenvalue weighted by Crippen LogP contribution is 2.33. The maximum absolute atomic E-state index is 12.2. The smallest absolute Gasteiger partial charge is 0.264 e. The van der Waals surface area contributed by atoms with Gasteiger partial charge in [-0.15, -0.1) is 0 Å². The van der Waals surface area contributed by atoms with Crippen molar-refractivity contribution in [3.8, 4) is 0 Å². The third kappa shape index (κ3) is 2.53. The van der Waals surface area contributed by atoms with Crippen LogP contribution in [-0.4, -0.2) is 23.7 Å². The van der Waals surface area contributed by atoms with Gasteiger partial charge in [0.2, 0.25) is 5.91 Å². The Morgan fingerprint density at radius 3 is 2.70 bits per heavy atom. The molecular weight excluding hydrogens is 322 g/mol. The predicted octanol–water partition coefficient (Wildman–Crippen LogP) is 1.32. The Hall–Kier alpha value is -1.53. The first-order valence-corrected chi connectivity index (χ1v) is 7.30. The molecular formula is C14H14BrN3O2. The van der Waals surface area contributed by atoms with Gasteiger partial charge in [-0.2, -0.15) is 4.99 Å². The number of rotatable bonds is 3. The van der Waals surface area contributed by atoms with Crippen LogP contribution < -0.4 is 11.1 Å². The van der Waals surface area contributed by atoms with Crippen LogP contribution in [0.25, 0.3) is 0 Å². The molecule has 2 atom stereocenters. The van der Waals surface area contributed by atoms with Crippen LogP contribution in [0.1, 0.15) is 24.3 Å². The van der Waals surface area contributed by atoms with E-state index in [4.69, 9.17) is 5.73 Å². The number of amides is 2. The van der Waals surface area contributed by atoms with Crippen LogP contribution in [-0.2, 0) is 9.59 Å². The second-order valence-corrected chi connectivity index (χ2v) is 6.09. The van der Waals surface area contributed by atoms with Crippen molar-refractivity contribution >= 4 is 33.6 Å². The third-order valence-electron chi connectivity index (χ3n) is 3.62. The minimum atomic E-state index is -0.886. The van der Waals surface area contributed by atoms with Crippen molar-refractivity contribution in [1.82, 2.24) is 5.32 Å². The largest absolute Gasteiger partial charge is 0.321 e. The van der Waals surface area contributed by atoms with E-state index < -0.39 is 11.8 Å². The topological polar surface area (TPSA) is 84.5 Å². The first-order chi connectivity index (χ1) is 9.56. The number of carbonyl (C=O) groups is 2. The van der Waals surface area contributed by atoms with Gasteiger partial charge < -0.3 is 11.1 Å². The summed E-state index contributed by atoms with van der Waals surface area (Å²) in [7, 11) is 0. The lowest BCUT2D eigenvalue weighted by Gasteiger charge is -2.23. The summed E-state index contributed by atoms with van der Waals surface area (Å²) in [5.74, 6) is -1.03. The number of nitrogens with two attached hydrogens (primary N) is 1. The number of hydrogen-bond donors (Lipinski definition) is 2. The fraction of sp³-hybridized carbons (Fsp3) is 0.357. The average Bonchev–Trinajstić information content (AvgIpc) is 3.21. The number of amidine groups is 1. The predicted molar refractivity (Wildman–Crippen MR) is 78.2 cm³/mol. The molecule has 2 amide bonds. The molecule has 3 N–H and O–H groups in total. The van der Waals surface area contributed by atoms with E-state index in [2.05, 4.69) is 26.2 Å². The summed E-state index contributed by atoms with van der Waals surface area (Å²) in [4.78, 5) is 28.3. The zero-order chi connectivity index (χ0) is 14.3. The third-order valence-corrected chi connectivity index (χ3v) is 4.11. The molecule has 2 aliphatic rings. The van der Waals surface area contributed by atoms with Gasteiger partial charge in [-0.3, -0.25) is 9.59 Å². The fourth-order valence-corrected chi connectivity index (χ4v) is 2.76. The molecule has 1 heterocycles. The van der Waals surface area contributed by atoms with Crippen LogP contribution in [0.15, 0.2) is 33.7 Å². The Bertz CT molecular complexity index is 610. The zero-order valence-electron chi connectivity index (χ0n) is 10.7. The van der Waals surface area contributed by atoms with E-state index >= 15 is 0 Å². The SMILES string of the molecule is NC(C1=NC(=O)C(c2cccc(Br)c2)C(=O)N1)C1CC1. The first kappa shape index (κ1) is 13.5. The Labute approximate surface area is 124 Å². The molecule has 1 aliphatic carbocycles. The Balaban J connectivity index is 1.88. The van der Waals surface area contributed by atoms with Crippen molar-refractivity contribution in [3.63, 3.8) is 0 Å². The number of nitrogens with zero attached hydrogens (tertiary/aromatic N) is 1. The quantitative estimate of drug-likeness (QED) is 0.817. The van der Waals surface area contributed by atoms with E-state index in [9.17, 15) is 9.59 Å². The number of benzene rings is 1. The van der Waals surface area contributed by atoms with Gasteiger partial charge in [-0.25, -0.2) is 0 Å². The molecule has 0 aromatic heterocycles. The van der Waals surface area contributed by atoms with Gasteiger partial charge in [-0.05, 0) is 36.5 Å². The molecule has 6 heteroatoms. The molecule has 1 fully saturated rings. The molecule has 0 spiro atoms. The summed E-state index contributed by atoms with van der Waals surface area (Å²) in [6.45, 7) is 0. The molecule has 1 aromatic rings. The van der Waals surface area contributed by atoms with Gasteiger partial charge in [-0.1, -0.05) is 28.1 Å². The van der Waals surface area contributed by atoms with Crippen molar-refractivity contribution in [2.75, 3.05) is 0 Å². The molecule has 0 bridgehead atoms. The minimum Gasteiger partial charge on any atom is -0.321 e. The van der Waals surface area contributed by atoms with Gasteiger partial charge >= 0.3 is 0 Å². The summed E-state index contributed by atoms with van der Waals surface area (Å²) < 4.78 is 0.819. The summed E-state index contributed by atoms with van der Waals surface area (Å²) in [6, 6.07) is 6.78. The van der Waals surface area contributed by atoms with Crippen molar-refractivity contribution < 1.29 is 9.59 Å². The average molecular weight is 336 g/mol. The molecule has 20 heavy (non-hydrogen) atoms. The van der Waals surface area contributed by atoms with Crippen LogP contribution in [0.4, 0.5) is 0 Å². The van der Waals surface area contributed by atoms with Crippen molar-refractivity contribution in [1.29, 1.82) is 0 Å². The lowest BCUT2D eigenvalue weighted by molar-refractivity contribution is -0.129. The highest BCUT2D eigenvalue weighted by molar-refractivity contribution is 9.10. The van der Waals surface area contributed by atoms with Crippen LogP contribution in [0.3, 0.4) is 0 Å². The van der Waals surface area contributed by atoms with Crippen molar-refractivity contribution in [3.05, 3.63) is 34.3 Å². The summed E-state index contributed by atoms with van der Waals surface area (Å²) in [5.41, 5.74) is 6.61.